The van der Waals surface area contributed by atoms with E-state index >= 15 is 0 Å². The van der Waals surface area contributed by atoms with Gasteiger partial charge in [0.1, 0.15) is 0 Å². The van der Waals surface area contributed by atoms with Crippen LogP contribution in [0.3, 0.4) is 0 Å². The van der Waals surface area contributed by atoms with Gasteiger partial charge >= 0.3 is 0 Å². The lowest BCUT2D eigenvalue weighted by molar-refractivity contribution is -0.135. The third-order valence-electron chi connectivity index (χ3n) is 2.97. The van der Waals surface area contributed by atoms with Crippen molar-refractivity contribution in [2.75, 3.05) is 39.3 Å². The number of piperazine rings is 1. The van der Waals surface area contributed by atoms with Gasteiger partial charge in [-0.1, -0.05) is 6.92 Å². The molecule has 0 radical (unpaired) electrons. The molecule has 0 spiro atoms. The smallest absolute Gasteiger partial charge is 0.236 e. The fourth-order valence-electron chi connectivity index (χ4n) is 2.07. The Hall–Kier alpha value is -0.610. The molecule has 100 valence electrons. The molecule has 1 amide bonds. The number of rotatable bonds is 5. The lowest BCUT2D eigenvalue weighted by atomic mass is 10.1. The van der Waals surface area contributed by atoms with Crippen LogP contribution in [0.15, 0.2) is 0 Å². The van der Waals surface area contributed by atoms with Gasteiger partial charge in [-0.3, -0.25) is 9.69 Å². The van der Waals surface area contributed by atoms with Crippen molar-refractivity contribution in [2.45, 2.75) is 39.7 Å². The van der Waals surface area contributed by atoms with E-state index in [1.54, 1.807) is 0 Å². The maximum atomic E-state index is 11.9. The van der Waals surface area contributed by atoms with Crippen molar-refractivity contribution < 1.29 is 4.79 Å². The third-order valence-corrected chi connectivity index (χ3v) is 2.97. The Morgan fingerprint density at radius 3 is 2.47 bits per heavy atom. The van der Waals surface area contributed by atoms with E-state index in [0.717, 1.165) is 39.1 Å². The first-order chi connectivity index (χ1) is 7.92. The Balaban J connectivity index is 2.25. The number of hydrogen-bond acceptors (Lipinski definition) is 3. The Kier molecular flexibility index (Phi) is 5.40. The van der Waals surface area contributed by atoms with E-state index in [-0.39, 0.29) is 11.4 Å². The van der Waals surface area contributed by atoms with Crippen LogP contribution in [0.5, 0.6) is 0 Å². The van der Waals surface area contributed by atoms with Gasteiger partial charge in [-0.2, -0.15) is 0 Å². The molecule has 1 saturated heterocycles. The summed E-state index contributed by atoms with van der Waals surface area (Å²) in [4.78, 5) is 16.1. The minimum atomic E-state index is 0.132. The minimum absolute atomic E-state index is 0.132. The molecule has 0 bridgehead atoms. The van der Waals surface area contributed by atoms with Crippen LogP contribution in [0.2, 0.25) is 0 Å². The number of amides is 1. The zero-order valence-electron chi connectivity index (χ0n) is 11.8. The predicted molar refractivity (Wildman–Crippen MR) is 71.1 cm³/mol. The molecule has 1 heterocycles. The summed E-state index contributed by atoms with van der Waals surface area (Å²) in [7, 11) is 0. The van der Waals surface area contributed by atoms with Gasteiger partial charge in [-0.25, -0.2) is 0 Å². The fourth-order valence-corrected chi connectivity index (χ4v) is 2.07. The first-order valence-electron chi connectivity index (χ1n) is 6.67. The molecule has 0 aromatic carbocycles. The number of carbonyl (C=O) groups is 1. The molecule has 4 nitrogen and oxygen atoms in total. The molecule has 0 aromatic heterocycles. The van der Waals surface area contributed by atoms with Crippen LogP contribution in [0.1, 0.15) is 34.1 Å². The lowest BCUT2D eigenvalue weighted by Gasteiger charge is -2.34. The van der Waals surface area contributed by atoms with Gasteiger partial charge < -0.3 is 10.2 Å². The van der Waals surface area contributed by atoms with Crippen molar-refractivity contribution in [3.63, 3.8) is 0 Å². The standard InChI is InChI=1S/C13H27N3O/c1-5-7-15-9-10-16(12(17)11-15)8-6-14-13(2,3)4/h14H,5-11H2,1-4H3. The van der Waals surface area contributed by atoms with Gasteiger partial charge in [0, 0.05) is 31.7 Å². The van der Waals surface area contributed by atoms with E-state index in [0.29, 0.717) is 6.54 Å². The second-order valence-corrected chi connectivity index (χ2v) is 5.83. The van der Waals surface area contributed by atoms with Gasteiger partial charge in [0.15, 0.2) is 0 Å². The molecule has 1 fully saturated rings. The molecule has 0 saturated carbocycles. The summed E-state index contributed by atoms with van der Waals surface area (Å²) in [5.41, 5.74) is 0.132. The summed E-state index contributed by atoms with van der Waals surface area (Å²) < 4.78 is 0. The molecule has 0 aromatic rings. The zero-order chi connectivity index (χ0) is 12.9. The van der Waals surface area contributed by atoms with Crippen LogP contribution >= 0.6 is 0 Å². The molecule has 1 N–H and O–H groups in total. The Bertz CT molecular complexity index is 248. The molecule has 1 aliphatic rings. The van der Waals surface area contributed by atoms with E-state index in [4.69, 9.17) is 0 Å². The van der Waals surface area contributed by atoms with E-state index in [2.05, 4.69) is 37.9 Å². The highest BCUT2D eigenvalue weighted by Crippen LogP contribution is 2.04. The van der Waals surface area contributed by atoms with E-state index in [1.807, 2.05) is 4.90 Å². The first-order valence-corrected chi connectivity index (χ1v) is 6.67. The second kappa shape index (κ2) is 6.36. The number of nitrogens with zero attached hydrogens (tertiary/aromatic N) is 2. The molecule has 0 unspecified atom stereocenters. The SMILES string of the molecule is CCCN1CCN(CCNC(C)(C)C)C(=O)C1. The van der Waals surface area contributed by atoms with Gasteiger partial charge in [0.05, 0.1) is 6.54 Å². The van der Waals surface area contributed by atoms with Gasteiger partial charge in [-0.15, -0.1) is 0 Å². The highest BCUT2D eigenvalue weighted by Gasteiger charge is 2.23. The van der Waals surface area contributed by atoms with Crippen LogP contribution in [0.25, 0.3) is 0 Å². The molecule has 0 aliphatic carbocycles. The number of carbonyl (C=O) groups excluding carboxylic acids is 1. The maximum absolute atomic E-state index is 11.9. The van der Waals surface area contributed by atoms with Gasteiger partial charge in [-0.05, 0) is 33.7 Å². The summed E-state index contributed by atoms with van der Waals surface area (Å²) in [5, 5.41) is 3.42. The van der Waals surface area contributed by atoms with Gasteiger partial charge in [0.2, 0.25) is 5.91 Å². The highest BCUT2D eigenvalue weighted by atomic mass is 16.2. The van der Waals surface area contributed by atoms with Crippen LogP contribution in [0, 0.1) is 0 Å². The molecule has 1 rings (SSSR count). The Labute approximate surface area is 105 Å². The van der Waals surface area contributed by atoms with Crippen molar-refractivity contribution >= 4 is 5.91 Å². The number of nitrogens with one attached hydrogen (secondary N) is 1. The fraction of sp³-hybridized carbons (Fsp3) is 0.923. The van der Waals surface area contributed by atoms with Crippen LogP contribution in [0.4, 0.5) is 0 Å². The normalized spacial score (nSPS) is 18.8. The summed E-state index contributed by atoms with van der Waals surface area (Å²) in [6, 6.07) is 0. The van der Waals surface area contributed by atoms with Crippen molar-refractivity contribution in [3.05, 3.63) is 0 Å². The lowest BCUT2D eigenvalue weighted by Crippen LogP contribution is -2.52. The Morgan fingerprint density at radius 2 is 1.94 bits per heavy atom. The molecule has 17 heavy (non-hydrogen) atoms. The average molecular weight is 241 g/mol. The molecule has 0 atom stereocenters. The van der Waals surface area contributed by atoms with Crippen LogP contribution in [-0.4, -0.2) is 60.5 Å². The van der Waals surface area contributed by atoms with Crippen LogP contribution in [-0.2, 0) is 4.79 Å². The Morgan fingerprint density at radius 1 is 1.24 bits per heavy atom. The largest absolute Gasteiger partial charge is 0.339 e. The second-order valence-electron chi connectivity index (χ2n) is 5.83. The maximum Gasteiger partial charge on any atom is 0.236 e. The molecule has 1 aliphatic heterocycles. The average Bonchev–Trinajstić information content (AvgIpc) is 2.20. The highest BCUT2D eigenvalue weighted by molar-refractivity contribution is 5.79. The summed E-state index contributed by atoms with van der Waals surface area (Å²) in [6.45, 7) is 13.8. The van der Waals surface area contributed by atoms with Crippen molar-refractivity contribution in [3.8, 4) is 0 Å². The zero-order valence-corrected chi connectivity index (χ0v) is 11.8. The number of hydrogen-bond donors (Lipinski definition) is 1. The topological polar surface area (TPSA) is 35.6 Å². The summed E-state index contributed by atoms with van der Waals surface area (Å²) in [5.74, 6) is 0.278. The minimum Gasteiger partial charge on any atom is -0.339 e. The van der Waals surface area contributed by atoms with E-state index in [9.17, 15) is 4.79 Å². The summed E-state index contributed by atoms with van der Waals surface area (Å²) >= 11 is 0. The van der Waals surface area contributed by atoms with E-state index < -0.39 is 0 Å². The van der Waals surface area contributed by atoms with Crippen LogP contribution < -0.4 is 5.32 Å². The molecular weight excluding hydrogens is 214 g/mol. The first kappa shape index (κ1) is 14.5. The summed E-state index contributed by atoms with van der Waals surface area (Å²) in [6.07, 6.45) is 1.12. The quantitative estimate of drug-likeness (QED) is 0.778. The van der Waals surface area contributed by atoms with E-state index in [1.165, 1.54) is 0 Å². The van der Waals surface area contributed by atoms with Gasteiger partial charge in [0.25, 0.3) is 0 Å². The monoisotopic (exact) mass is 241 g/mol. The third kappa shape index (κ3) is 5.50. The van der Waals surface area contributed by atoms with Crippen molar-refractivity contribution in [1.82, 2.24) is 15.1 Å². The van der Waals surface area contributed by atoms with Crippen molar-refractivity contribution in [2.24, 2.45) is 0 Å². The molecule has 4 heteroatoms. The van der Waals surface area contributed by atoms with Crippen molar-refractivity contribution in [1.29, 1.82) is 0 Å². The molecular formula is C13H27N3O. The predicted octanol–water partition coefficient (Wildman–Crippen LogP) is 0.929.